The summed E-state index contributed by atoms with van der Waals surface area (Å²) in [5.74, 6) is 0. The van der Waals surface area contributed by atoms with Crippen LogP contribution in [-0.4, -0.2) is 39.3 Å². The number of aromatic amines is 1. The van der Waals surface area contributed by atoms with Gasteiger partial charge in [0.2, 0.25) is 0 Å². The predicted molar refractivity (Wildman–Crippen MR) is 104 cm³/mol. The van der Waals surface area contributed by atoms with Gasteiger partial charge in [0.1, 0.15) is 5.60 Å². The normalized spacial score (nSPS) is 13.5. The van der Waals surface area contributed by atoms with Crippen molar-refractivity contribution in [1.29, 1.82) is 0 Å². The molecule has 0 aliphatic carbocycles. The number of amides is 1. The van der Waals surface area contributed by atoms with Gasteiger partial charge in [0.15, 0.2) is 0 Å². The highest BCUT2D eigenvalue weighted by Gasteiger charge is 2.31. The first kappa shape index (κ1) is 23.5. The average Bonchev–Trinajstić information content (AvgIpc) is 2.86. The van der Waals surface area contributed by atoms with Gasteiger partial charge in [-0.25, -0.2) is 4.79 Å². The lowest BCUT2D eigenvalue weighted by Crippen LogP contribution is -2.45. The van der Waals surface area contributed by atoms with E-state index in [0.29, 0.717) is 0 Å². The Kier molecular flexibility index (Phi) is 9.86. The molecule has 0 aliphatic heterocycles. The molecule has 0 spiro atoms. The molecule has 0 saturated carbocycles. The Balaban J connectivity index is 0.00000178. The van der Waals surface area contributed by atoms with Crippen LogP contribution in [0.15, 0.2) is 6.20 Å². The van der Waals surface area contributed by atoms with E-state index in [-0.39, 0.29) is 18.7 Å². The van der Waals surface area contributed by atoms with Crippen molar-refractivity contribution in [3.8, 4) is 0 Å². The van der Waals surface area contributed by atoms with E-state index in [1.165, 1.54) is 12.1 Å². The standard InChI is InChI=1S/C17H30N2O3.C3H8/c1-8-15-12(3)14(9-18-15)13(4)19(11(2)10-20)16(21)22-17(5,6)7;1-3-2/h9,11,13,18,20H,8,10H2,1-7H3;3H2,1-2H3. The Labute approximate surface area is 153 Å². The SMILES string of the molecule is CCC.CCc1[nH]cc(C(C)N(C(=O)OC(C)(C)C)C(C)CO)c1C. The molecule has 25 heavy (non-hydrogen) atoms. The van der Waals surface area contributed by atoms with Crippen molar-refractivity contribution in [2.75, 3.05) is 6.61 Å². The summed E-state index contributed by atoms with van der Waals surface area (Å²) in [6.45, 7) is 17.6. The van der Waals surface area contributed by atoms with E-state index in [1.54, 1.807) is 4.90 Å². The summed E-state index contributed by atoms with van der Waals surface area (Å²) in [5.41, 5.74) is 2.82. The molecule has 0 aromatic carbocycles. The number of hydrogen-bond acceptors (Lipinski definition) is 3. The Morgan fingerprint density at radius 2 is 1.80 bits per heavy atom. The number of aryl methyl sites for hydroxylation is 1. The first-order chi connectivity index (χ1) is 11.5. The molecule has 0 saturated heterocycles. The van der Waals surface area contributed by atoms with E-state index in [1.807, 2.05) is 40.8 Å². The summed E-state index contributed by atoms with van der Waals surface area (Å²) in [4.78, 5) is 17.4. The maximum Gasteiger partial charge on any atom is 0.411 e. The van der Waals surface area contributed by atoms with Gasteiger partial charge in [0.25, 0.3) is 0 Å². The molecular weight excluding hydrogens is 316 g/mol. The molecule has 2 atom stereocenters. The number of hydrogen-bond donors (Lipinski definition) is 2. The molecule has 2 N–H and O–H groups in total. The van der Waals surface area contributed by atoms with Crippen molar-refractivity contribution in [3.63, 3.8) is 0 Å². The van der Waals surface area contributed by atoms with Crippen LogP contribution in [0.5, 0.6) is 0 Å². The average molecular weight is 355 g/mol. The minimum absolute atomic E-state index is 0.103. The number of aliphatic hydroxyl groups excluding tert-OH is 1. The Morgan fingerprint density at radius 1 is 1.28 bits per heavy atom. The second-order valence-corrected chi connectivity index (χ2v) is 7.50. The van der Waals surface area contributed by atoms with Crippen LogP contribution in [0.2, 0.25) is 0 Å². The van der Waals surface area contributed by atoms with Gasteiger partial charge in [0.05, 0.1) is 18.7 Å². The lowest BCUT2D eigenvalue weighted by Gasteiger charge is -2.35. The third-order valence-electron chi connectivity index (χ3n) is 3.85. The minimum Gasteiger partial charge on any atom is -0.444 e. The van der Waals surface area contributed by atoms with Gasteiger partial charge < -0.3 is 14.8 Å². The van der Waals surface area contributed by atoms with Crippen molar-refractivity contribution in [3.05, 3.63) is 23.0 Å². The summed E-state index contributed by atoms with van der Waals surface area (Å²) in [7, 11) is 0. The Morgan fingerprint density at radius 3 is 2.16 bits per heavy atom. The van der Waals surface area contributed by atoms with Gasteiger partial charge in [-0.15, -0.1) is 0 Å². The molecule has 1 aromatic heterocycles. The quantitative estimate of drug-likeness (QED) is 0.783. The monoisotopic (exact) mass is 354 g/mol. The number of aromatic nitrogens is 1. The number of aliphatic hydroxyl groups is 1. The number of carbonyl (C=O) groups is 1. The number of rotatable bonds is 5. The van der Waals surface area contributed by atoms with Crippen molar-refractivity contribution in [2.45, 2.75) is 92.8 Å². The van der Waals surface area contributed by atoms with Crippen LogP contribution in [0.1, 0.15) is 84.7 Å². The molecule has 1 rings (SSSR count). The van der Waals surface area contributed by atoms with Gasteiger partial charge in [0, 0.05) is 11.9 Å². The van der Waals surface area contributed by atoms with Crippen LogP contribution in [0.4, 0.5) is 4.79 Å². The second-order valence-electron chi connectivity index (χ2n) is 7.50. The third kappa shape index (κ3) is 7.10. The van der Waals surface area contributed by atoms with Crippen LogP contribution >= 0.6 is 0 Å². The van der Waals surface area contributed by atoms with E-state index in [9.17, 15) is 9.90 Å². The van der Waals surface area contributed by atoms with E-state index in [0.717, 1.165) is 17.5 Å². The number of nitrogens with zero attached hydrogens (tertiary/aromatic N) is 1. The second kappa shape index (κ2) is 10.5. The highest BCUT2D eigenvalue weighted by atomic mass is 16.6. The third-order valence-corrected chi connectivity index (χ3v) is 3.85. The summed E-state index contributed by atoms with van der Waals surface area (Å²) in [6, 6.07) is -0.488. The van der Waals surface area contributed by atoms with E-state index in [4.69, 9.17) is 4.74 Å². The van der Waals surface area contributed by atoms with Gasteiger partial charge in [-0.2, -0.15) is 0 Å². The fourth-order valence-electron chi connectivity index (χ4n) is 2.63. The maximum atomic E-state index is 12.5. The zero-order valence-electron chi connectivity index (χ0n) is 17.6. The first-order valence-electron chi connectivity index (χ1n) is 9.32. The van der Waals surface area contributed by atoms with Crippen LogP contribution < -0.4 is 0 Å². The van der Waals surface area contributed by atoms with Crippen molar-refractivity contribution in [2.24, 2.45) is 0 Å². The molecule has 5 nitrogen and oxygen atoms in total. The largest absolute Gasteiger partial charge is 0.444 e. The molecule has 0 fully saturated rings. The fraction of sp³-hybridized carbons (Fsp3) is 0.750. The molecule has 5 heteroatoms. The van der Waals surface area contributed by atoms with Crippen LogP contribution in [0.25, 0.3) is 0 Å². The highest BCUT2D eigenvalue weighted by molar-refractivity contribution is 5.69. The van der Waals surface area contributed by atoms with Crippen molar-refractivity contribution >= 4 is 6.09 Å². The molecule has 2 unspecified atom stereocenters. The smallest absolute Gasteiger partial charge is 0.411 e. The molecule has 0 aliphatic rings. The predicted octanol–water partition coefficient (Wildman–Crippen LogP) is 4.98. The number of carbonyl (C=O) groups excluding carboxylic acids is 1. The lowest BCUT2D eigenvalue weighted by molar-refractivity contribution is 0.00124. The van der Waals surface area contributed by atoms with Gasteiger partial charge in [-0.3, -0.25) is 4.90 Å². The molecule has 146 valence electrons. The molecule has 1 amide bonds. The van der Waals surface area contributed by atoms with Gasteiger partial charge >= 0.3 is 6.09 Å². The van der Waals surface area contributed by atoms with Crippen molar-refractivity contribution in [1.82, 2.24) is 9.88 Å². The summed E-state index contributed by atoms with van der Waals surface area (Å²) < 4.78 is 5.50. The number of ether oxygens (including phenoxy) is 1. The topological polar surface area (TPSA) is 65.6 Å². The number of nitrogens with one attached hydrogen (secondary N) is 1. The maximum absolute atomic E-state index is 12.5. The zero-order valence-corrected chi connectivity index (χ0v) is 17.6. The van der Waals surface area contributed by atoms with Gasteiger partial charge in [-0.05, 0) is 59.1 Å². The molecule has 1 heterocycles. The van der Waals surface area contributed by atoms with E-state index >= 15 is 0 Å². The Bertz CT molecular complexity index is 518. The summed E-state index contributed by atoms with van der Waals surface area (Å²) in [6.07, 6.45) is 3.71. The number of H-pyrrole nitrogens is 1. The summed E-state index contributed by atoms with van der Waals surface area (Å²) >= 11 is 0. The summed E-state index contributed by atoms with van der Waals surface area (Å²) in [5, 5.41) is 9.51. The molecular formula is C20H38N2O3. The molecule has 0 radical (unpaired) electrons. The fourth-order valence-corrected chi connectivity index (χ4v) is 2.63. The Hall–Kier alpha value is -1.49. The van der Waals surface area contributed by atoms with Crippen molar-refractivity contribution < 1.29 is 14.6 Å². The molecule has 1 aromatic rings. The van der Waals surface area contributed by atoms with E-state index in [2.05, 4.69) is 32.7 Å². The van der Waals surface area contributed by atoms with Crippen LogP contribution in [0, 0.1) is 6.92 Å². The highest BCUT2D eigenvalue weighted by Crippen LogP contribution is 2.29. The van der Waals surface area contributed by atoms with E-state index < -0.39 is 11.7 Å². The minimum atomic E-state index is -0.563. The first-order valence-corrected chi connectivity index (χ1v) is 9.32. The van der Waals surface area contributed by atoms with Crippen LogP contribution in [0.3, 0.4) is 0 Å². The van der Waals surface area contributed by atoms with Gasteiger partial charge in [-0.1, -0.05) is 27.2 Å². The van der Waals surface area contributed by atoms with Crippen LogP contribution in [-0.2, 0) is 11.2 Å². The molecule has 0 bridgehead atoms. The lowest BCUT2D eigenvalue weighted by atomic mass is 10.0. The zero-order chi connectivity index (χ0) is 19.8.